The minimum atomic E-state index is -0.604. The lowest BCUT2D eigenvalue weighted by Crippen LogP contribution is -2.48. The van der Waals surface area contributed by atoms with E-state index in [2.05, 4.69) is 4.90 Å². The number of nitro benzene ring substituents is 1. The first-order valence-corrected chi connectivity index (χ1v) is 8.23. The highest BCUT2D eigenvalue weighted by Crippen LogP contribution is 2.18. The monoisotopic (exact) mass is 353 g/mol. The number of non-ortho nitro benzene ring substituents is 1. The molecule has 1 fully saturated rings. The van der Waals surface area contributed by atoms with Gasteiger partial charge in [-0.3, -0.25) is 24.7 Å². The molecule has 0 bridgehead atoms. The molecule has 1 aliphatic heterocycles. The zero-order valence-electron chi connectivity index (χ0n) is 14.8. The van der Waals surface area contributed by atoms with Crippen LogP contribution < -0.4 is 0 Å². The number of benzene rings is 1. The molecule has 1 aliphatic rings. The molecule has 1 aromatic carbocycles. The average molecular weight is 353 g/mol. The second kappa shape index (κ2) is 7.88. The number of ether oxygens (including phenoxy) is 1. The molecule has 0 saturated carbocycles. The summed E-state index contributed by atoms with van der Waals surface area (Å²) < 4.78 is 18.8. The van der Waals surface area contributed by atoms with Gasteiger partial charge in [0, 0.05) is 38.8 Å². The summed E-state index contributed by atoms with van der Waals surface area (Å²) in [6.07, 6.45) is 0. The van der Waals surface area contributed by atoms with E-state index in [1.54, 1.807) is 0 Å². The van der Waals surface area contributed by atoms with E-state index in [0.29, 0.717) is 38.3 Å². The number of nitrogens with zero attached hydrogens (tertiary/aromatic N) is 3. The maximum absolute atomic E-state index is 13.5. The quantitative estimate of drug-likeness (QED) is 0.459. The molecule has 138 valence electrons. The third-order valence-electron chi connectivity index (χ3n) is 3.80. The van der Waals surface area contributed by atoms with Crippen molar-refractivity contribution in [3.05, 3.63) is 39.7 Å². The van der Waals surface area contributed by atoms with Crippen LogP contribution in [0.4, 0.5) is 10.1 Å². The number of carbonyl (C=O) groups excluding carboxylic acids is 1. The second-order valence-corrected chi connectivity index (χ2v) is 7.21. The van der Waals surface area contributed by atoms with E-state index < -0.39 is 16.3 Å². The van der Waals surface area contributed by atoms with Crippen molar-refractivity contribution in [3.8, 4) is 0 Å². The van der Waals surface area contributed by atoms with Crippen molar-refractivity contribution in [2.75, 3.05) is 32.7 Å². The van der Waals surface area contributed by atoms with E-state index in [9.17, 15) is 19.3 Å². The highest BCUT2D eigenvalue weighted by atomic mass is 19.1. The Bertz CT molecular complexity index is 637. The smallest absolute Gasteiger partial charge is 0.320 e. The number of hydrogen-bond donors (Lipinski definition) is 0. The molecule has 1 heterocycles. The number of carbonyl (C=O) groups is 1. The Labute approximate surface area is 146 Å². The van der Waals surface area contributed by atoms with Gasteiger partial charge in [-0.05, 0) is 32.4 Å². The number of esters is 1. The minimum absolute atomic E-state index is 0.237. The van der Waals surface area contributed by atoms with E-state index in [1.807, 2.05) is 25.7 Å². The van der Waals surface area contributed by atoms with Crippen LogP contribution in [0.2, 0.25) is 0 Å². The molecule has 0 radical (unpaired) electrons. The van der Waals surface area contributed by atoms with Gasteiger partial charge in [0.1, 0.15) is 11.4 Å². The molecule has 8 heteroatoms. The first-order chi connectivity index (χ1) is 11.6. The van der Waals surface area contributed by atoms with Crippen LogP contribution in [0, 0.1) is 15.9 Å². The molecule has 7 nitrogen and oxygen atoms in total. The lowest BCUT2D eigenvalue weighted by molar-refractivity contribution is -0.385. The largest absolute Gasteiger partial charge is 0.459 e. The van der Waals surface area contributed by atoms with Gasteiger partial charge in [0.2, 0.25) is 0 Å². The fourth-order valence-corrected chi connectivity index (χ4v) is 2.75. The van der Waals surface area contributed by atoms with Gasteiger partial charge in [0.05, 0.1) is 17.5 Å². The van der Waals surface area contributed by atoms with Crippen molar-refractivity contribution in [2.24, 2.45) is 0 Å². The van der Waals surface area contributed by atoms with Crippen LogP contribution in [0.3, 0.4) is 0 Å². The van der Waals surface area contributed by atoms with Crippen molar-refractivity contribution < 1.29 is 18.8 Å². The van der Waals surface area contributed by atoms with Crippen LogP contribution in [-0.2, 0) is 16.1 Å². The summed E-state index contributed by atoms with van der Waals surface area (Å²) in [5, 5.41) is 10.8. The van der Waals surface area contributed by atoms with Crippen molar-refractivity contribution in [2.45, 2.75) is 32.9 Å². The first kappa shape index (κ1) is 19.3. The van der Waals surface area contributed by atoms with Crippen LogP contribution in [0.1, 0.15) is 26.3 Å². The molecule has 0 amide bonds. The number of nitro groups is 1. The molecule has 25 heavy (non-hydrogen) atoms. The Morgan fingerprint density at radius 3 is 2.36 bits per heavy atom. The van der Waals surface area contributed by atoms with Gasteiger partial charge in [-0.15, -0.1) is 0 Å². The fourth-order valence-electron chi connectivity index (χ4n) is 2.75. The summed E-state index contributed by atoms with van der Waals surface area (Å²) >= 11 is 0. The first-order valence-electron chi connectivity index (χ1n) is 8.23. The van der Waals surface area contributed by atoms with E-state index in [-0.39, 0.29) is 18.2 Å². The van der Waals surface area contributed by atoms with Gasteiger partial charge in [0.25, 0.3) is 5.69 Å². The summed E-state index contributed by atoms with van der Waals surface area (Å²) in [7, 11) is 0. The number of halogens is 1. The van der Waals surface area contributed by atoms with Crippen molar-refractivity contribution >= 4 is 11.7 Å². The number of piperazine rings is 1. The van der Waals surface area contributed by atoms with Crippen LogP contribution in [0.25, 0.3) is 0 Å². The molecule has 2 rings (SSSR count). The van der Waals surface area contributed by atoms with Crippen LogP contribution >= 0.6 is 0 Å². The highest BCUT2D eigenvalue weighted by molar-refractivity contribution is 5.72. The lowest BCUT2D eigenvalue weighted by atomic mass is 10.1. The van der Waals surface area contributed by atoms with Crippen LogP contribution in [0.15, 0.2) is 18.2 Å². The lowest BCUT2D eigenvalue weighted by Gasteiger charge is -2.34. The normalized spacial score (nSPS) is 16.6. The van der Waals surface area contributed by atoms with Crippen molar-refractivity contribution in [1.82, 2.24) is 9.80 Å². The summed E-state index contributed by atoms with van der Waals surface area (Å²) in [6.45, 7) is 8.98. The van der Waals surface area contributed by atoms with Gasteiger partial charge in [-0.1, -0.05) is 0 Å². The van der Waals surface area contributed by atoms with E-state index in [4.69, 9.17) is 4.74 Å². The zero-order valence-corrected chi connectivity index (χ0v) is 14.8. The molecule has 0 atom stereocenters. The molecule has 0 aromatic heterocycles. The summed E-state index contributed by atoms with van der Waals surface area (Å²) in [5.74, 6) is -0.852. The summed E-state index contributed by atoms with van der Waals surface area (Å²) in [6, 6.07) is 3.64. The zero-order chi connectivity index (χ0) is 18.6. The maximum Gasteiger partial charge on any atom is 0.320 e. The molecule has 0 spiro atoms. The SMILES string of the molecule is CC(C)(C)OC(=O)CN1CCN(Cc2cc(F)cc([N+](=O)[O-])c2)CC1. The third kappa shape index (κ3) is 6.39. The molecule has 0 N–H and O–H groups in total. The van der Waals surface area contributed by atoms with E-state index >= 15 is 0 Å². The third-order valence-corrected chi connectivity index (χ3v) is 3.80. The summed E-state index contributed by atoms with van der Waals surface area (Å²) in [4.78, 5) is 26.2. The van der Waals surface area contributed by atoms with Gasteiger partial charge in [0.15, 0.2) is 0 Å². The predicted molar refractivity (Wildman–Crippen MR) is 90.6 cm³/mol. The van der Waals surface area contributed by atoms with Crippen molar-refractivity contribution in [3.63, 3.8) is 0 Å². The minimum Gasteiger partial charge on any atom is -0.459 e. The number of hydrogen-bond acceptors (Lipinski definition) is 6. The molecular weight excluding hydrogens is 329 g/mol. The average Bonchev–Trinajstić information content (AvgIpc) is 2.46. The predicted octanol–water partition coefficient (Wildman–Crippen LogP) is 2.19. The Morgan fingerprint density at radius 2 is 1.80 bits per heavy atom. The molecule has 0 unspecified atom stereocenters. The van der Waals surface area contributed by atoms with Crippen LogP contribution in [-0.4, -0.2) is 59.0 Å². The van der Waals surface area contributed by atoms with Gasteiger partial charge < -0.3 is 4.74 Å². The topological polar surface area (TPSA) is 75.9 Å². The van der Waals surface area contributed by atoms with Gasteiger partial charge >= 0.3 is 5.97 Å². The standard InChI is InChI=1S/C17H24FN3O4/c1-17(2,3)25-16(22)12-20-6-4-19(5-7-20)11-13-8-14(18)10-15(9-13)21(23)24/h8-10H,4-7,11-12H2,1-3H3. The molecule has 1 saturated heterocycles. The highest BCUT2D eigenvalue weighted by Gasteiger charge is 2.23. The van der Waals surface area contributed by atoms with Gasteiger partial charge in [-0.2, -0.15) is 0 Å². The molecular formula is C17H24FN3O4. The Morgan fingerprint density at radius 1 is 1.20 bits per heavy atom. The van der Waals surface area contributed by atoms with E-state index in [0.717, 1.165) is 6.07 Å². The van der Waals surface area contributed by atoms with Gasteiger partial charge in [-0.25, -0.2) is 4.39 Å². The molecule has 0 aliphatic carbocycles. The Hall–Kier alpha value is -2.06. The van der Waals surface area contributed by atoms with Crippen molar-refractivity contribution in [1.29, 1.82) is 0 Å². The van der Waals surface area contributed by atoms with E-state index in [1.165, 1.54) is 12.1 Å². The Kier molecular flexibility index (Phi) is 6.07. The second-order valence-electron chi connectivity index (χ2n) is 7.21. The number of rotatable bonds is 5. The summed E-state index contributed by atoms with van der Waals surface area (Å²) in [5.41, 5.74) is -0.156. The van der Waals surface area contributed by atoms with Crippen LogP contribution in [0.5, 0.6) is 0 Å². The fraction of sp³-hybridized carbons (Fsp3) is 0.588. The Balaban J connectivity index is 1.85. The molecule has 1 aromatic rings. The maximum atomic E-state index is 13.5.